The number of aryl methyl sites for hydroxylation is 1. The van der Waals surface area contributed by atoms with Crippen LogP contribution in [-0.2, 0) is 6.42 Å². The van der Waals surface area contributed by atoms with E-state index in [-0.39, 0.29) is 0 Å². The molecular formula is C24H34N4O3. The van der Waals surface area contributed by atoms with E-state index in [1.165, 1.54) is 5.56 Å². The maximum absolute atomic E-state index is 5.51. The second-order valence-corrected chi connectivity index (χ2v) is 7.54. The van der Waals surface area contributed by atoms with Crippen molar-refractivity contribution in [2.45, 2.75) is 25.3 Å². The van der Waals surface area contributed by atoms with Gasteiger partial charge in [0.1, 0.15) is 5.75 Å². The topological polar surface area (TPSA) is 67.4 Å². The van der Waals surface area contributed by atoms with Crippen LogP contribution in [0.3, 0.4) is 0 Å². The SMILES string of the molecule is CN=C(NCCCc1ccc(OC)c(OC)c1)NC1CCN(c2ccccc2OC)C1. The molecule has 0 amide bonds. The van der Waals surface area contributed by atoms with Crippen molar-refractivity contribution in [3.05, 3.63) is 48.0 Å². The second-order valence-electron chi connectivity index (χ2n) is 7.54. The summed E-state index contributed by atoms with van der Waals surface area (Å²) in [5.41, 5.74) is 2.37. The average Bonchev–Trinajstić information content (AvgIpc) is 3.29. The fourth-order valence-electron chi connectivity index (χ4n) is 3.91. The van der Waals surface area contributed by atoms with Crippen molar-refractivity contribution < 1.29 is 14.2 Å². The molecule has 1 fully saturated rings. The largest absolute Gasteiger partial charge is 0.495 e. The third-order valence-electron chi connectivity index (χ3n) is 5.56. The number of nitrogens with one attached hydrogen (secondary N) is 2. The van der Waals surface area contributed by atoms with Crippen LogP contribution in [0.15, 0.2) is 47.5 Å². The van der Waals surface area contributed by atoms with Crippen LogP contribution in [-0.4, -0.2) is 60.0 Å². The van der Waals surface area contributed by atoms with Crippen molar-refractivity contribution >= 4 is 11.6 Å². The Bertz CT molecular complexity index is 872. The summed E-state index contributed by atoms with van der Waals surface area (Å²) in [5, 5.41) is 6.99. The number of guanidine groups is 1. The average molecular weight is 427 g/mol. The molecule has 2 aromatic carbocycles. The molecule has 0 aromatic heterocycles. The molecule has 7 nitrogen and oxygen atoms in total. The molecule has 0 aliphatic carbocycles. The minimum Gasteiger partial charge on any atom is -0.495 e. The molecule has 31 heavy (non-hydrogen) atoms. The number of anilines is 1. The Morgan fingerprint density at radius 1 is 1.03 bits per heavy atom. The second kappa shape index (κ2) is 11.3. The summed E-state index contributed by atoms with van der Waals surface area (Å²) in [7, 11) is 6.85. The summed E-state index contributed by atoms with van der Waals surface area (Å²) in [5.74, 6) is 3.29. The van der Waals surface area contributed by atoms with Gasteiger partial charge >= 0.3 is 0 Å². The maximum atomic E-state index is 5.51. The molecule has 1 saturated heterocycles. The van der Waals surface area contributed by atoms with E-state index in [1.54, 1.807) is 21.3 Å². The Morgan fingerprint density at radius 2 is 1.81 bits per heavy atom. The third kappa shape index (κ3) is 5.96. The van der Waals surface area contributed by atoms with E-state index in [0.29, 0.717) is 6.04 Å². The van der Waals surface area contributed by atoms with Crippen molar-refractivity contribution in [1.82, 2.24) is 10.6 Å². The lowest BCUT2D eigenvalue weighted by Gasteiger charge is -2.22. The molecule has 2 aromatic rings. The van der Waals surface area contributed by atoms with Gasteiger partial charge in [-0.25, -0.2) is 0 Å². The molecule has 0 bridgehead atoms. The number of hydrogen-bond donors (Lipinski definition) is 2. The first-order chi connectivity index (χ1) is 15.2. The van der Waals surface area contributed by atoms with Gasteiger partial charge in [-0.2, -0.15) is 0 Å². The predicted octanol–water partition coefficient (Wildman–Crippen LogP) is 3.09. The molecule has 1 heterocycles. The van der Waals surface area contributed by atoms with E-state index < -0.39 is 0 Å². The summed E-state index contributed by atoms with van der Waals surface area (Å²) in [6.45, 7) is 2.76. The number of rotatable bonds is 9. The molecule has 1 atom stereocenters. The van der Waals surface area contributed by atoms with Gasteiger partial charge in [0, 0.05) is 32.7 Å². The van der Waals surface area contributed by atoms with Gasteiger partial charge in [-0.05, 0) is 49.1 Å². The van der Waals surface area contributed by atoms with Crippen LogP contribution < -0.4 is 29.7 Å². The predicted molar refractivity (Wildman–Crippen MR) is 126 cm³/mol. The Labute approximate surface area is 185 Å². The fraction of sp³-hybridized carbons (Fsp3) is 0.458. The molecule has 3 rings (SSSR count). The smallest absolute Gasteiger partial charge is 0.191 e. The molecule has 2 N–H and O–H groups in total. The van der Waals surface area contributed by atoms with Crippen molar-refractivity contribution in [2.24, 2.45) is 4.99 Å². The molecule has 0 radical (unpaired) electrons. The van der Waals surface area contributed by atoms with E-state index in [2.05, 4.69) is 38.7 Å². The standard InChI is InChI=1S/C24H34N4O3/c1-25-24(26-14-7-8-18-11-12-22(30-3)23(16-18)31-4)27-19-13-15-28(17-19)20-9-5-6-10-21(20)29-2/h5-6,9-12,16,19H,7-8,13-15,17H2,1-4H3,(H2,25,26,27). The highest BCUT2D eigenvalue weighted by Gasteiger charge is 2.25. The lowest BCUT2D eigenvalue weighted by Crippen LogP contribution is -2.44. The molecule has 0 spiro atoms. The first kappa shape index (κ1) is 22.6. The quantitative estimate of drug-likeness (QED) is 0.365. The summed E-state index contributed by atoms with van der Waals surface area (Å²) < 4.78 is 16.2. The lowest BCUT2D eigenvalue weighted by atomic mass is 10.1. The highest BCUT2D eigenvalue weighted by molar-refractivity contribution is 5.80. The molecule has 1 aliphatic rings. The van der Waals surface area contributed by atoms with Gasteiger partial charge in [0.2, 0.25) is 0 Å². The highest BCUT2D eigenvalue weighted by Crippen LogP contribution is 2.30. The first-order valence-corrected chi connectivity index (χ1v) is 10.7. The van der Waals surface area contributed by atoms with Crippen LogP contribution in [0.25, 0.3) is 0 Å². The van der Waals surface area contributed by atoms with Crippen LogP contribution in [0.5, 0.6) is 17.2 Å². The van der Waals surface area contributed by atoms with Gasteiger partial charge in [0.25, 0.3) is 0 Å². The summed E-state index contributed by atoms with van der Waals surface area (Å²) in [6, 6.07) is 14.6. The van der Waals surface area contributed by atoms with E-state index in [9.17, 15) is 0 Å². The van der Waals surface area contributed by atoms with E-state index in [4.69, 9.17) is 14.2 Å². The number of para-hydroxylation sites is 2. The van der Waals surface area contributed by atoms with Crippen LogP contribution in [0, 0.1) is 0 Å². The van der Waals surface area contributed by atoms with Crippen molar-refractivity contribution in [2.75, 3.05) is 52.9 Å². The molecule has 1 aliphatic heterocycles. The van der Waals surface area contributed by atoms with Crippen LogP contribution in [0.1, 0.15) is 18.4 Å². The van der Waals surface area contributed by atoms with Gasteiger partial charge in [-0.15, -0.1) is 0 Å². The summed E-state index contributed by atoms with van der Waals surface area (Å²) in [4.78, 5) is 6.75. The van der Waals surface area contributed by atoms with E-state index >= 15 is 0 Å². The first-order valence-electron chi connectivity index (χ1n) is 10.7. The Hall–Kier alpha value is -3.09. The molecular weight excluding hydrogens is 392 g/mol. The molecule has 0 saturated carbocycles. The van der Waals surface area contributed by atoms with E-state index in [1.807, 2.05) is 31.3 Å². The van der Waals surface area contributed by atoms with Gasteiger partial charge < -0.3 is 29.7 Å². The minimum absolute atomic E-state index is 0.349. The normalized spacial score (nSPS) is 16.2. The van der Waals surface area contributed by atoms with Gasteiger partial charge in [-0.1, -0.05) is 18.2 Å². The zero-order chi connectivity index (χ0) is 22.1. The van der Waals surface area contributed by atoms with Crippen molar-refractivity contribution in [3.8, 4) is 17.2 Å². The zero-order valence-electron chi connectivity index (χ0n) is 19.0. The number of hydrogen-bond acceptors (Lipinski definition) is 5. The number of benzene rings is 2. The Morgan fingerprint density at radius 3 is 2.55 bits per heavy atom. The highest BCUT2D eigenvalue weighted by atomic mass is 16.5. The van der Waals surface area contributed by atoms with Gasteiger partial charge in [0.15, 0.2) is 17.5 Å². The Kier molecular flexibility index (Phi) is 8.27. The Balaban J connectivity index is 1.44. The van der Waals surface area contributed by atoms with Crippen LogP contribution >= 0.6 is 0 Å². The van der Waals surface area contributed by atoms with Crippen LogP contribution in [0.2, 0.25) is 0 Å². The zero-order valence-corrected chi connectivity index (χ0v) is 19.0. The fourth-order valence-corrected chi connectivity index (χ4v) is 3.91. The number of aliphatic imine (C=N–C) groups is 1. The van der Waals surface area contributed by atoms with Crippen molar-refractivity contribution in [1.29, 1.82) is 0 Å². The molecule has 168 valence electrons. The monoisotopic (exact) mass is 426 g/mol. The number of nitrogens with zero attached hydrogens (tertiary/aromatic N) is 2. The minimum atomic E-state index is 0.349. The number of methoxy groups -OCH3 is 3. The summed E-state index contributed by atoms with van der Waals surface area (Å²) >= 11 is 0. The van der Waals surface area contributed by atoms with Gasteiger partial charge in [0.05, 0.1) is 27.0 Å². The molecule has 7 heteroatoms. The van der Waals surface area contributed by atoms with Crippen LogP contribution in [0.4, 0.5) is 5.69 Å². The summed E-state index contributed by atoms with van der Waals surface area (Å²) in [6.07, 6.45) is 3.01. The maximum Gasteiger partial charge on any atom is 0.191 e. The third-order valence-corrected chi connectivity index (χ3v) is 5.56. The molecule has 1 unspecified atom stereocenters. The van der Waals surface area contributed by atoms with Crippen molar-refractivity contribution in [3.63, 3.8) is 0 Å². The number of ether oxygens (including phenoxy) is 3. The van der Waals surface area contributed by atoms with Gasteiger partial charge in [-0.3, -0.25) is 4.99 Å². The van der Waals surface area contributed by atoms with E-state index in [0.717, 1.165) is 67.8 Å². The lowest BCUT2D eigenvalue weighted by molar-refractivity contribution is 0.354.